The first kappa shape index (κ1) is 28.0. The Kier molecular flexibility index (Phi) is 12.1. The lowest BCUT2D eigenvalue weighted by molar-refractivity contribution is 0.488. The summed E-state index contributed by atoms with van der Waals surface area (Å²) in [6, 6.07) is 0. The minimum atomic E-state index is -1.28. The molecule has 0 spiro atoms. The van der Waals surface area contributed by atoms with Crippen molar-refractivity contribution in [3.63, 3.8) is 0 Å². The van der Waals surface area contributed by atoms with Crippen LogP contribution in [0.5, 0.6) is 0 Å². The molecule has 0 aromatic rings. The van der Waals surface area contributed by atoms with E-state index in [1.807, 2.05) is 0 Å². The highest BCUT2D eigenvalue weighted by molar-refractivity contribution is 8.72. The van der Waals surface area contributed by atoms with Crippen LogP contribution in [0.15, 0.2) is 0 Å². The topological polar surface area (TPSA) is 0 Å². The van der Waals surface area contributed by atoms with E-state index in [9.17, 15) is 0 Å². The largest absolute Gasteiger partial charge is 0.123 e. The van der Waals surface area contributed by atoms with E-state index in [0.717, 1.165) is 22.6 Å². The zero-order chi connectivity index (χ0) is 23.0. The third-order valence-electron chi connectivity index (χ3n) is 9.21. The van der Waals surface area contributed by atoms with E-state index in [1.165, 1.54) is 146 Å². The van der Waals surface area contributed by atoms with Gasteiger partial charge < -0.3 is 0 Å². The smallest absolute Gasteiger partial charge is 0.0124 e. The zero-order valence-electron chi connectivity index (χ0n) is 21.1. The van der Waals surface area contributed by atoms with Gasteiger partial charge >= 0.3 is 0 Å². The van der Waals surface area contributed by atoms with Crippen molar-refractivity contribution in [2.45, 2.75) is 157 Å². The summed E-state index contributed by atoms with van der Waals surface area (Å²) >= 11 is 18.1. The van der Waals surface area contributed by atoms with Crippen LogP contribution >= 0.6 is 33.2 Å². The lowest BCUT2D eigenvalue weighted by Gasteiger charge is -2.41. The Morgan fingerprint density at radius 3 is 0.909 bits per heavy atom. The summed E-state index contributed by atoms with van der Waals surface area (Å²) in [7, 11) is 0. The number of hydrogen-bond acceptors (Lipinski definition) is 4. The van der Waals surface area contributed by atoms with Crippen molar-refractivity contribution >= 4 is 56.9 Å². The van der Waals surface area contributed by atoms with Gasteiger partial charge in [0.25, 0.3) is 0 Å². The van der Waals surface area contributed by atoms with Gasteiger partial charge in [0, 0.05) is 10.5 Å². The summed E-state index contributed by atoms with van der Waals surface area (Å²) in [4.78, 5) is 0. The highest BCUT2D eigenvalue weighted by Crippen LogP contribution is 2.73. The van der Waals surface area contributed by atoms with Gasteiger partial charge in [-0.2, -0.15) is 0 Å². The van der Waals surface area contributed by atoms with Gasteiger partial charge in [-0.25, -0.2) is 0 Å². The van der Waals surface area contributed by atoms with Gasteiger partial charge in [0.15, 0.2) is 0 Å². The van der Waals surface area contributed by atoms with E-state index >= 15 is 0 Å². The van der Waals surface area contributed by atoms with Crippen LogP contribution in [0.25, 0.3) is 0 Å². The summed E-state index contributed by atoms with van der Waals surface area (Å²) in [5.74, 6) is 2.67. The summed E-state index contributed by atoms with van der Waals surface area (Å²) < 4.78 is 0. The first-order valence-corrected chi connectivity index (χ1v) is 23.7. The Labute approximate surface area is 224 Å². The predicted molar refractivity (Wildman–Crippen MR) is 166 cm³/mol. The minimum absolute atomic E-state index is 0.914. The molecule has 0 N–H and O–H groups in total. The van der Waals surface area contributed by atoms with Crippen molar-refractivity contribution in [1.82, 2.24) is 0 Å². The van der Waals surface area contributed by atoms with Crippen molar-refractivity contribution in [2.75, 3.05) is 11.5 Å². The summed E-state index contributed by atoms with van der Waals surface area (Å²) in [6.07, 6.45) is 30.5. The molecule has 0 saturated heterocycles. The van der Waals surface area contributed by atoms with Gasteiger partial charge in [0.1, 0.15) is 0 Å². The molecule has 0 aromatic carbocycles. The second-order valence-electron chi connectivity index (χ2n) is 11.5. The second-order valence-corrected chi connectivity index (χ2v) is 28.5. The number of rotatable bonds is 10. The molecule has 0 unspecified atom stereocenters. The molecule has 0 heterocycles. The summed E-state index contributed by atoms with van der Waals surface area (Å²) in [6.45, 7) is 0. The van der Waals surface area contributed by atoms with Crippen LogP contribution in [0.1, 0.15) is 135 Å². The average Bonchev–Trinajstić information content (AvgIpc) is 2.90. The molecule has 4 fully saturated rings. The fourth-order valence-electron chi connectivity index (χ4n) is 7.26. The molecule has 4 aliphatic rings. The molecule has 0 atom stereocenters. The van der Waals surface area contributed by atoms with Crippen LogP contribution in [0.2, 0.25) is 0 Å². The summed E-state index contributed by atoms with van der Waals surface area (Å²) in [5.41, 5.74) is 3.66. The Bertz CT molecular complexity index is 557. The van der Waals surface area contributed by atoms with E-state index in [-0.39, 0.29) is 0 Å². The third-order valence-corrected chi connectivity index (χ3v) is 29.7. The van der Waals surface area contributed by atoms with Crippen LogP contribution in [0, 0.1) is 0 Å². The fourth-order valence-corrected chi connectivity index (χ4v) is 26.3. The van der Waals surface area contributed by atoms with E-state index in [0.29, 0.717) is 0 Å². The van der Waals surface area contributed by atoms with Crippen LogP contribution < -0.4 is 0 Å². The van der Waals surface area contributed by atoms with Crippen molar-refractivity contribution in [2.24, 2.45) is 0 Å². The molecule has 0 radical (unpaired) electrons. The Morgan fingerprint density at radius 1 is 0.424 bits per heavy atom. The lowest BCUT2D eigenvalue weighted by atomic mass is 10.00. The van der Waals surface area contributed by atoms with Gasteiger partial charge in [0.05, 0.1) is 0 Å². The molecule has 4 saturated carbocycles. The first-order chi connectivity index (χ1) is 16.1. The maximum absolute atomic E-state index is 6.72. The van der Waals surface area contributed by atoms with Crippen molar-refractivity contribution in [3.05, 3.63) is 0 Å². The molecule has 4 rings (SSSR count). The maximum Gasteiger partial charge on any atom is 0.0124 e. The van der Waals surface area contributed by atoms with E-state index in [2.05, 4.69) is 22.8 Å². The minimum Gasteiger partial charge on any atom is -0.123 e. The van der Waals surface area contributed by atoms with Crippen LogP contribution in [-0.2, 0) is 23.6 Å². The van der Waals surface area contributed by atoms with Gasteiger partial charge in [0.2, 0.25) is 0 Å². The normalized spacial score (nSPS) is 25.9. The zero-order valence-corrected chi connectivity index (χ0v) is 26.2. The Hall–Kier alpha value is 2.00. The van der Waals surface area contributed by atoms with E-state index < -0.39 is 10.5 Å². The molecule has 0 nitrogen and oxygen atoms in total. The number of hydrogen-bond donors (Lipinski definition) is 0. The van der Waals surface area contributed by atoms with Crippen LogP contribution in [0.4, 0.5) is 0 Å². The van der Waals surface area contributed by atoms with E-state index in [4.69, 9.17) is 23.6 Å². The lowest BCUT2D eigenvalue weighted by Crippen LogP contribution is -2.22. The highest BCUT2D eigenvalue weighted by atomic mass is 32.9. The monoisotopic (exact) mass is 564 g/mol. The quantitative estimate of drug-likeness (QED) is 0.191. The van der Waals surface area contributed by atoms with Crippen LogP contribution in [-0.4, -0.2) is 34.1 Å². The standard InChI is InChI=1S/C27H50P2S4/c30-28(24-14-5-1-6-15-24,25-16-7-2-8-17-25)32-22-13-23-33-29(31,26-18-9-3-10-19-26)27-20-11-4-12-21-27/h24-27H,1-23H2. The van der Waals surface area contributed by atoms with Crippen molar-refractivity contribution < 1.29 is 0 Å². The van der Waals surface area contributed by atoms with Gasteiger partial charge in [-0.05, 0) is 91.9 Å². The molecule has 33 heavy (non-hydrogen) atoms. The molecule has 192 valence electrons. The maximum atomic E-state index is 6.72. The van der Waals surface area contributed by atoms with Crippen molar-refractivity contribution in [1.29, 1.82) is 0 Å². The molecular formula is C27H50P2S4. The van der Waals surface area contributed by atoms with Gasteiger partial charge in [-0.1, -0.05) is 101 Å². The average molecular weight is 565 g/mol. The summed E-state index contributed by atoms with van der Waals surface area (Å²) in [5, 5.41) is -2.56. The van der Waals surface area contributed by atoms with Gasteiger partial charge in [-0.3, -0.25) is 0 Å². The molecular weight excluding hydrogens is 515 g/mol. The molecule has 4 aliphatic carbocycles. The highest BCUT2D eigenvalue weighted by Gasteiger charge is 2.39. The van der Waals surface area contributed by atoms with Gasteiger partial charge in [-0.15, -0.1) is 22.8 Å². The molecule has 6 heteroatoms. The second kappa shape index (κ2) is 14.2. The first-order valence-electron chi connectivity index (χ1n) is 14.6. The Balaban J connectivity index is 1.32. The molecule has 0 amide bonds. The molecule has 0 bridgehead atoms. The van der Waals surface area contributed by atoms with E-state index in [1.54, 1.807) is 0 Å². The molecule has 0 aromatic heterocycles. The van der Waals surface area contributed by atoms with Crippen LogP contribution in [0.3, 0.4) is 0 Å². The SMILES string of the molecule is S=P(SCCCSP(=S)(C1CCCCC1)C1CCCCC1)(C1CCCCC1)C1CCCCC1. The Morgan fingerprint density at radius 2 is 0.667 bits per heavy atom. The molecule has 0 aliphatic heterocycles. The third kappa shape index (κ3) is 7.53. The fraction of sp³-hybridized carbons (Fsp3) is 1.00. The van der Waals surface area contributed by atoms with Crippen molar-refractivity contribution in [3.8, 4) is 0 Å². The predicted octanol–water partition coefficient (Wildman–Crippen LogP) is 11.0.